The van der Waals surface area contributed by atoms with E-state index in [9.17, 15) is 13.6 Å². The normalized spacial score (nSPS) is 17.8. The van der Waals surface area contributed by atoms with Crippen molar-refractivity contribution in [3.05, 3.63) is 107 Å². The minimum atomic E-state index is -0.951. The Hall–Kier alpha value is -4.70. The zero-order valence-corrected chi connectivity index (χ0v) is 20.9. The summed E-state index contributed by atoms with van der Waals surface area (Å²) in [6, 6.07) is 10.2. The first-order chi connectivity index (χ1) is 18.9. The van der Waals surface area contributed by atoms with Crippen LogP contribution < -0.4 is 10.6 Å². The van der Waals surface area contributed by atoms with Crippen LogP contribution in [0.25, 0.3) is 11.1 Å². The van der Waals surface area contributed by atoms with Crippen LogP contribution in [0.5, 0.6) is 0 Å². The van der Waals surface area contributed by atoms with Gasteiger partial charge >= 0.3 is 5.97 Å². The first-order valence-corrected chi connectivity index (χ1v) is 12.3. The van der Waals surface area contributed by atoms with E-state index in [4.69, 9.17) is 21.7 Å². The maximum atomic E-state index is 14.8. The van der Waals surface area contributed by atoms with Crippen LogP contribution in [0.15, 0.2) is 82.6 Å². The second-order valence-electron chi connectivity index (χ2n) is 8.97. The number of carboxylic acids is 1. The van der Waals surface area contributed by atoms with Gasteiger partial charge in [0, 0.05) is 34.8 Å². The molecule has 3 heterocycles. The van der Waals surface area contributed by atoms with Gasteiger partial charge in [0.1, 0.15) is 28.7 Å². The molecule has 6 rings (SSSR count). The lowest BCUT2D eigenvalue weighted by atomic mass is 9.84. The number of hydrogen-bond donors (Lipinski definition) is 3. The minimum absolute atomic E-state index is 0.0838. The number of nitrogens with zero attached hydrogens (tertiary/aromatic N) is 4. The number of anilines is 2. The van der Waals surface area contributed by atoms with Crippen molar-refractivity contribution >= 4 is 51.4 Å². The molecule has 39 heavy (non-hydrogen) atoms. The number of aliphatic imine (C=N–C) groups is 2. The van der Waals surface area contributed by atoms with Crippen LogP contribution in [0.1, 0.15) is 22.4 Å². The van der Waals surface area contributed by atoms with E-state index in [1.54, 1.807) is 24.5 Å². The van der Waals surface area contributed by atoms with Crippen molar-refractivity contribution in [3.63, 3.8) is 0 Å². The Balaban J connectivity index is 1.28. The van der Waals surface area contributed by atoms with Crippen molar-refractivity contribution in [2.45, 2.75) is 12.5 Å². The van der Waals surface area contributed by atoms with Crippen LogP contribution in [-0.4, -0.2) is 44.6 Å². The molecule has 1 unspecified atom stereocenters. The van der Waals surface area contributed by atoms with Gasteiger partial charge in [0.2, 0.25) is 5.95 Å². The summed E-state index contributed by atoms with van der Waals surface area (Å²) in [5, 5.41) is 15.3. The Morgan fingerprint density at radius 1 is 1.08 bits per heavy atom. The molecule has 1 atom stereocenters. The summed E-state index contributed by atoms with van der Waals surface area (Å²) in [5.74, 6) is -1.53. The summed E-state index contributed by atoms with van der Waals surface area (Å²) >= 11 is 6.25. The summed E-state index contributed by atoms with van der Waals surface area (Å²) in [6.45, 7) is 0.176. The van der Waals surface area contributed by atoms with Gasteiger partial charge in [0.05, 0.1) is 17.8 Å². The monoisotopic (exact) mass is 544 g/mol. The number of allylic oxidation sites excluding steroid dienone is 5. The standard InChI is InChI=1S/C28H19ClF2N6O2/c29-23-10-18(24-20(30)2-1-3-21(24)31)17-9-6-15-11-34-28(37-25(15)19(17)12-32-23)35-16-7-4-14(5-8-16)26-33-13-22(36-26)27(38)39/h1-5,7-12,22H,6,13H2,(H,33,36)(H,38,39)(H,34,35,37). The molecule has 1 aliphatic carbocycles. The van der Waals surface area contributed by atoms with E-state index in [2.05, 4.69) is 25.6 Å². The Morgan fingerprint density at radius 3 is 2.56 bits per heavy atom. The highest BCUT2D eigenvalue weighted by Gasteiger charge is 2.28. The van der Waals surface area contributed by atoms with Crippen molar-refractivity contribution in [2.24, 2.45) is 9.98 Å². The van der Waals surface area contributed by atoms with Gasteiger partial charge in [-0.05, 0) is 60.0 Å². The number of carboxylic acid groups (broad SMARTS) is 1. The molecule has 3 aliphatic rings. The average molecular weight is 545 g/mol. The lowest BCUT2D eigenvalue weighted by molar-refractivity contribution is -0.138. The first kappa shape index (κ1) is 24.6. The average Bonchev–Trinajstić information content (AvgIpc) is 3.36. The third kappa shape index (κ3) is 4.70. The summed E-state index contributed by atoms with van der Waals surface area (Å²) < 4.78 is 29.5. The molecule has 2 aliphatic heterocycles. The molecule has 8 nitrogen and oxygen atoms in total. The van der Waals surface area contributed by atoms with Crippen molar-refractivity contribution in [2.75, 3.05) is 11.9 Å². The molecule has 3 N–H and O–H groups in total. The number of aliphatic carboxylic acids is 1. The molecular weight excluding hydrogens is 526 g/mol. The number of hydrogen-bond acceptors (Lipinski definition) is 7. The molecule has 0 amide bonds. The summed E-state index contributed by atoms with van der Waals surface area (Å²) in [5.41, 5.74) is 4.09. The van der Waals surface area contributed by atoms with E-state index in [0.29, 0.717) is 40.7 Å². The number of amidine groups is 1. The smallest absolute Gasteiger partial charge is 0.328 e. The molecule has 194 valence electrons. The molecule has 0 radical (unpaired) electrons. The topological polar surface area (TPSA) is 112 Å². The predicted octanol–water partition coefficient (Wildman–Crippen LogP) is 4.86. The fraction of sp³-hybridized carbons (Fsp3) is 0.107. The maximum absolute atomic E-state index is 14.8. The Morgan fingerprint density at radius 2 is 1.85 bits per heavy atom. The quantitative estimate of drug-likeness (QED) is 0.423. The fourth-order valence-corrected chi connectivity index (χ4v) is 4.76. The Bertz CT molecular complexity index is 1660. The minimum Gasteiger partial charge on any atom is -0.480 e. The van der Waals surface area contributed by atoms with Crippen LogP contribution in [0.2, 0.25) is 0 Å². The van der Waals surface area contributed by atoms with E-state index in [0.717, 1.165) is 11.1 Å². The number of benzene rings is 2. The van der Waals surface area contributed by atoms with Gasteiger partial charge in [-0.15, -0.1) is 0 Å². The SMILES string of the molecule is O=C(O)C1CN=C(c2ccc(Nc3ncc4c(n3)C3=CN=C(Cl)C=C(c5c(F)cccc5F)C3=CC4)cc2)N1. The second kappa shape index (κ2) is 9.88. The molecule has 0 spiro atoms. The highest BCUT2D eigenvalue weighted by molar-refractivity contribution is 6.69. The first-order valence-electron chi connectivity index (χ1n) is 12.0. The van der Waals surface area contributed by atoms with E-state index >= 15 is 0 Å². The third-order valence-corrected chi connectivity index (χ3v) is 6.70. The van der Waals surface area contributed by atoms with Gasteiger partial charge in [-0.25, -0.2) is 28.5 Å². The van der Waals surface area contributed by atoms with Crippen LogP contribution in [0, 0.1) is 11.6 Å². The summed E-state index contributed by atoms with van der Waals surface area (Å²) in [6.07, 6.45) is 7.00. The number of rotatable bonds is 5. The van der Waals surface area contributed by atoms with Crippen LogP contribution >= 0.6 is 11.6 Å². The molecule has 0 bridgehead atoms. The maximum Gasteiger partial charge on any atom is 0.328 e. The predicted molar refractivity (Wildman–Crippen MR) is 145 cm³/mol. The van der Waals surface area contributed by atoms with Gasteiger partial charge in [0.15, 0.2) is 0 Å². The lowest BCUT2D eigenvalue weighted by Gasteiger charge is -2.22. The van der Waals surface area contributed by atoms with Crippen LogP contribution in [0.3, 0.4) is 0 Å². The van der Waals surface area contributed by atoms with Gasteiger partial charge in [-0.2, -0.15) is 0 Å². The molecule has 0 saturated heterocycles. The largest absolute Gasteiger partial charge is 0.480 e. The third-order valence-electron chi connectivity index (χ3n) is 6.49. The number of fused-ring (bicyclic) bond motifs is 3. The number of halogens is 3. The Labute approximate surface area is 226 Å². The zero-order chi connectivity index (χ0) is 27.1. The summed E-state index contributed by atoms with van der Waals surface area (Å²) in [4.78, 5) is 28.8. The summed E-state index contributed by atoms with van der Waals surface area (Å²) in [7, 11) is 0. The molecular formula is C28H19ClF2N6O2. The van der Waals surface area contributed by atoms with Gasteiger partial charge in [-0.3, -0.25) is 4.99 Å². The Kier molecular flexibility index (Phi) is 6.24. The van der Waals surface area contributed by atoms with E-state index in [-0.39, 0.29) is 22.9 Å². The van der Waals surface area contributed by atoms with E-state index < -0.39 is 23.6 Å². The molecule has 2 aromatic carbocycles. The van der Waals surface area contributed by atoms with E-state index in [1.165, 1.54) is 24.3 Å². The van der Waals surface area contributed by atoms with Crippen molar-refractivity contribution in [1.29, 1.82) is 0 Å². The number of carbonyl (C=O) groups is 1. The fourth-order valence-electron chi connectivity index (χ4n) is 4.60. The zero-order valence-electron chi connectivity index (χ0n) is 20.1. The molecule has 1 aromatic heterocycles. The second-order valence-corrected chi connectivity index (χ2v) is 9.35. The highest BCUT2D eigenvalue weighted by Crippen LogP contribution is 2.41. The molecule has 11 heteroatoms. The molecule has 0 saturated carbocycles. The lowest BCUT2D eigenvalue weighted by Crippen LogP contribution is -2.37. The van der Waals surface area contributed by atoms with Crippen molar-refractivity contribution in [1.82, 2.24) is 15.3 Å². The molecule has 0 fully saturated rings. The van der Waals surface area contributed by atoms with Crippen LogP contribution in [-0.2, 0) is 11.2 Å². The molecule has 3 aromatic rings. The van der Waals surface area contributed by atoms with Crippen molar-refractivity contribution in [3.8, 4) is 0 Å². The van der Waals surface area contributed by atoms with Gasteiger partial charge < -0.3 is 15.7 Å². The van der Waals surface area contributed by atoms with Gasteiger partial charge in [0.25, 0.3) is 0 Å². The highest BCUT2D eigenvalue weighted by atomic mass is 35.5. The van der Waals surface area contributed by atoms with Crippen molar-refractivity contribution < 1.29 is 18.7 Å². The number of nitrogens with one attached hydrogen (secondary N) is 2. The van der Waals surface area contributed by atoms with Gasteiger partial charge in [-0.1, -0.05) is 23.7 Å². The number of aromatic nitrogens is 2. The van der Waals surface area contributed by atoms with E-state index in [1.807, 2.05) is 18.2 Å². The van der Waals surface area contributed by atoms with Crippen LogP contribution in [0.4, 0.5) is 20.4 Å².